The van der Waals surface area contributed by atoms with Crippen LogP contribution in [0.2, 0.25) is 0 Å². The van der Waals surface area contributed by atoms with Gasteiger partial charge in [-0.25, -0.2) is 0 Å². The molecule has 0 saturated carbocycles. The first-order valence-corrected chi connectivity index (χ1v) is 4.80. The Hall–Kier alpha value is -0.940. The van der Waals surface area contributed by atoms with Gasteiger partial charge < -0.3 is 10.5 Å². The number of ether oxygens (including phenoxy) is 1. The topological polar surface area (TPSA) is 72.6 Å². The largest absolute Gasteiger partial charge is 0.381 e. The van der Waals surface area contributed by atoms with Crippen LogP contribution in [0.1, 0.15) is 12.8 Å². The molecule has 0 aromatic heterocycles. The lowest BCUT2D eigenvalue weighted by Gasteiger charge is -2.26. The van der Waals surface area contributed by atoms with E-state index in [2.05, 4.69) is 0 Å². The Kier molecular flexibility index (Phi) is 4.55. The number of imide groups is 1. The quantitative estimate of drug-likeness (QED) is 0.579. The third kappa shape index (κ3) is 3.08. The smallest absolute Gasteiger partial charge is 0.229 e. The maximum atomic E-state index is 11.5. The van der Waals surface area contributed by atoms with Gasteiger partial charge in [-0.15, -0.1) is 0 Å². The molecule has 2 N–H and O–H groups in total. The highest BCUT2D eigenvalue weighted by atomic mass is 16.5. The number of carbonyl (C=O) groups excluding carboxylic acids is 2. The zero-order valence-corrected chi connectivity index (χ0v) is 8.15. The Morgan fingerprint density at radius 1 is 1.57 bits per heavy atom. The summed E-state index contributed by atoms with van der Waals surface area (Å²) in [4.78, 5) is 23.3. The van der Waals surface area contributed by atoms with Gasteiger partial charge in [0.2, 0.25) is 12.3 Å². The molecule has 14 heavy (non-hydrogen) atoms. The molecule has 0 spiro atoms. The number of amides is 2. The molecule has 80 valence electrons. The lowest BCUT2D eigenvalue weighted by atomic mass is 10.0. The molecule has 0 bridgehead atoms. The molecule has 1 saturated heterocycles. The van der Waals surface area contributed by atoms with Crippen molar-refractivity contribution in [1.29, 1.82) is 0 Å². The van der Waals surface area contributed by atoms with Crippen LogP contribution in [0, 0.1) is 5.92 Å². The SMILES string of the molecule is NCCCN(C=O)C(=O)CC1COC1. The van der Waals surface area contributed by atoms with E-state index >= 15 is 0 Å². The molecule has 2 amide bonds. The zero-order valence-electron chi connectivity index (χ0n) is 8.15. The predicted molar refractivity (Wildman–Crippen MR) is 50.4 cm³/mol. The van der Waals surface area contributed by atoms with Gasteiger partial charge in [-0.2, -0.15) is 0 Å². The number of nitrogens with zero attached hydrogens (tertiary/aromatic N) is 1. The highest BCUT2D eigenvalue weighted by molar-refractivity contribution is 5.86. The molecule has 0 radical (unpaired) electrons. The molecule has 1 rings (SSSR count). The fourth-order valence-corrected chi connectivity index (χ4v) is 1.26. The maximum Gasteiger partial charge on any atom is 0.229 e. The lowest BCUT2D eigenvalue weighted by Crippen LogP contribution is -2.37. The summed E-state index contributed by atoms with van der Waals surface area (Å²) in [6, 6.07) is 0. The second-order valence-electron chi connectivity index (χ2n) is 3.44. The molecule has 0 aliphatic carbocycles. The van der Waals surface area contributed by atoms with E-state index in [9.17, 15) is 9.59 Å². The molecule has 1 aliphatic rings. The van der Waals surface area contributed by atoms with E-state index in [1.54, 1.807) is 0 Å². The van der Waals surface area contributed by atoms with Gasteiger partial charge in [-0.1, -0.05) is 0 Å². The summed E-state index contributed by atoms with van der Waals surface area (Å²) < 4.78 is 4.95. The van der Waals surface area contributed by atoms with Crippen LogP contribution in [-0.4, -0.2) is 43.5 Å². The Morgan fingerprint density at radius 3 is 2.71 bits per heavy atom. The highest BCUT2D eigenvalue weighted by Crippen LogP contribution is 2.15. The van der Waals surface area contributed by atoms with E-state index in [-0.39, 0.29) is 5.91 Å². The van der Waals surface area contributed by atoms with Gasteiger partial charge in [0.05, 0.1) is 13.2 Å². The first kappa shape index (κ1) is 11.1. The highest BCUT2D eigenvalue weighted by Gasteiger charge is 2.24. The number of rotatable bonds is 6. The summed E-state index contributed by atoms with van der Waals surface area (Å²) in [6.07, 6.45) is 1.65. The Balaban J connectivity index is 2.26. The number of carbonyl (C=O) groups is 2. The van der Waals surface area contributed by atoms with Crippen LogP contribution in [0.3, 0.4) is 0 Å². The molecule has 0 unspecified atom stereocenters. The molecule has 1 fully saturated rings. The van der Waals surface area contributed by atoms with Crippen LogP contribution >= 0.6 is 0 Å². The average molecular weight is 200 g/mol. The molecule has 1 aliphatic heterocycles. The summed E-state index contributed by atoms with van der Waals surface area (Å²) in [5, 5.41) is 0. The van der Waals surface area contributed by atoms with Gasteiger partial charge in [0, 0.05) is 18.9 Å². The molecule has 5 heteroatoms. The fourth-order valence-electron chi connectivity index (χ4n) is 1.26. The van der Waals surface area contributed by atoms with Crippen LogP contribution < -0.4 is 5.73 Å². The van der Waals surface area contributed by atoms with Crippen molar-refractivity contribution in [1.82, 2.24) is 4.90 Å². The lowest BCUT2D eigenvalue weighted by molar-refractivity contribution is -0.142. The van der Waals surface area contributed by atoms with Gasteiger partial charge in [-0.3, -0.25) is 14.5 Å². The van der Waals surface area contributed by atoms with Gasteiger partial charge in [-0.05, 0) is 13.0 Å². The van der Waals surface area contributed by atoms with Crippen LogP contribution in [0.4, 0.5) is 0 Å². The van der Waals surface area contributed by atoms with Crippen molar-refractivity contribution in [3.63, 3.8) is 0 Å². The van der Waals surface area contributed by atoms with E-state index in [0.29, 0.717) is 51.5 Å². The molecule has 0 aromatic rings. The molecule has 1 heterocycles. The van der Waals surface area contributed by atoms with Crippen LogP contribution in [0.15, 0.2) is 0 Å². The monoisotopic (exact) mass is 200 g/mol. The summed E-state index contributed by atoms with van der Waals surface area (Å²) >= 11 is 0. The van der Waals surface area contributed by atoms with Gasteiger partial charge >= 0.3 is 0 Å². The molecule has 5 nitrogen and oxygen atoms in total. The van der Waals surface area contributed by atoms with E-state index in [4.69, 9.17) is 10.5 Å². The molecular weight excluding hydrogens is 184 g/mol. The second kappa shape index (κ2) is 5.72. The number of nitrogens with two attached hydrogens (primary N) is 1. The van der Waals surface area contributed by atoms with Crippen molar-refractivity contribution in [2.24, 2.45) is 11.7 Å². The first-order chi connectivity index (χ1) is 6.77. The normalized spacial score (nSPS) is 16.1. The molecular formula is C9H16N2O3. The summed E-state index contributed by atoms with van der Waals surface area (Å²) in [6.45, 7) is 2.18. The van der Waals surface area contributed by atoms with Crippen LogP contribution in [0.25, 0.3) is 0 Å². The molecule has 0 aromatic carbocycles. The minimum absolute atomic E-state index is 0.123. The Bertz CT molecular complexity index is 204. The second-order valence-corrected chi connectivity index (χ2v) is 3.44. The minimum atomic E-state index is -0.123. The molecule has 0 atom stereocenters. The minimum Gasteiger partial charge on any atom is -0.381 e. The van der Waals surface area contributed by atoms with Gasteiger partial charge in [0.1, 0.15) is 0 Å². The zero-order chi connectivity index (χ0) is 10.4. The van der Waals surface area contributed by atoms with Crippen molar-refractivity contribution in [3.05, 3.63) is 0 Å². The summed E-state index contributed by atoms with van der Waals surface area (Å²) in [5.74, 6) is 0.171. The summed E-state index contributed by atoms with van der Waals surface area (Å²) in [7, 11) is 0. The summed E-state index contributed by atoms with van der Waals surface area (Å²) in [5.41, 5.74) is 5.30. The number of hydrogen-bond acceptors (Lipinski definition) is 4. The maximum absolute atomic E-state index is 11.5. The Morgan fingerprint density at radius 2 is 2.29 bits per heavy atom. The van der Waals surface area contributed by atoms with Crippen LogP contribution in [0.5, 0.6) is 0 Å². The van der Waals surface area contributed by atoms with Crippen molar-refractivity contribution < 1.29 is 14.3 Å². The van der Waals surface area contributed by atoms with Gasteiger partial charge in [0.15, 0.2) is 0 Å². The fraction of sp³-hybridized carbons (Fsp3) is 0.778. The Labute approximate surface area is 83.2 Å². The first-order valence-electron chi connectivity index (χ1n) is 4.80. The number of hydrogen-bond donors (Lipinski definition) is 1. The van der Waals surface area contributed by atoms with Crippen molar-refractivity contribution in [2.45, 2.75) is 12.8 Å². The van der Waals surface area contributed by atoms with E-state index < -0.39 is 0 Å². The standard InChI is InChI=1S/C9H16N2O3/c10-2-1-3-11(7-12)9(13)4-8-5-14-6-8/h7-8H,1-6,10H2. The van der Waals surface area contributed by atoms with E-state index in [1.165, 1.54) is 4.90 Å². The predicted octanol–water partition coefficient (Wildman–Crippen LogP) is -0.643. The van der Waals surface area contributed by atoms with E-state index in [0.717, 1.165) is 0 Å². The van der Waals surface area contributed by atoms with Crippen LogP contribution in [-0.2, 0) is 14.3 Å². The average Bonchev–Trinajstić information content (AvgIpc) is 2.13. The third-order valence-corrected chi connectivity index (χ3v) is 2.22. The third-order valence-electron chi connectivity index (χ3n) is 2.22. The van der Waals surface area contributed by atoms with Gasteiger partial charge in [0.25, 0.3) is 0 Å². The van der Waals surface area contributed by atoms with Crippen molar-refractivity contribution in [3.8, 4) is 0 Å². The van der Waals surface area contributed by atoms with E-state index in [1.807, 2.05) is 0 Å². The van der Waals surface area contributed by atoms with Crippen molar-refractivity contribution in [2.75, 3.05) is 26.3 Å². The van der Waals surface area contributed by atoms with Crippen molar-refractivity contribution >= 4 is 12.3 Å².